The Bertz CT molecular complexity index is 676. The van der Waals surface area contributed by atoms with E-state index < -0.39 is 16.9 Å². The molecule has 6 nitrogen and oxygen atoms in total. The molecule has 2 aromatic rings. The molecule has 1 unspecified atom stereocenters. The van der Waals surface area contributed by atoms with E-state index in [0.717, 1.165) is 0 Å². The molecule has 7 heteroatoms. The van der Waals surface area contributed by atoms with Gasteiger partial charge in [0.1, 0.15) is 0 Å². The van der Waals surface area contributed by atoms with E-state index in [0.29, 0.717) is 15.7 Å². The third-order valence-corrected chi connectivity index (χ3v) is 3.50. The minimum atomic E-state index is -1.04. The number of hydrogen-bond acceptors (Lipinski definition) is 4. The van der Waals surface area contributed by atoms with Gasteiger partial charge in [0, 0.05) is 22.3 Å². The van der Waals surface area contributed by atoms with Gasteiger partial charge < -0.3 is 10.4 Å². The van der Waals surface area contributed by atoms with Crippen LogP contribution in [0.1, 0.15) is 11.6 Å². The van der Waals surface area contributed by atoms with Crippen molar-refractivity contribution in [2.75, 3.05) is 5.32 Å². The minimum Gasteiger partial charge on any atom is -0.479 e. The van der Waals surface area contributed by atoms with Crippen molar-refractivity contribution in [3.63, 3.8) is 0 Å². The lowest BCUT2D eigenvalue weighted by Gasteiger charge is -2.17. The van der Waals surface area contributed by atoms with Crippen LogP contribution in [0.5, 0.6) is 0 Å². The summed E-state index contributed by atoms with van der Waals surface area (Å²) in [6.45, 7) is 0. The molecule has 0 spiro atoms. The van der Waals surface area contributed by atoms with Crippen molar-refractivity contribution in [1.82, 2.24) is 0 Å². The first-order chi connectivity index (χ1) is 9.99. The van der Waals surface area contributed by atoms with Crippen LogP contribution in [-0.2, 0) is 4.79 Å². The van der Waals surface area contributed by atoms with Crippen LogP contribution >= 0.6 is 15.9 Å². The molecule has 0 aliphatic rings. The monoisotopic (exact) mass is 350 g/mol. The molecule has 108 valence electrons. The second-order valence-corrected chi connectivity index (χ2v) is 5.10. The molecular formula is C14H11BrN2O4. The number of nitro groups is 1. The van der Waals surface area contributed by atoms with Gasteiger partial charge in [-0.3, -0.25) is 10.1 Å². The van der Waals surface area contributed by atoms with Crippen LogP contribution < -0.4 is 5.32 Å². The van der Waals surface area contributed by atoms with Crippen molar-refractivity contribution in [2.24, 2.45) is 0 Å². The van der Waals surface area contributed by atoms with Gasteiger partial charge in [-0.15, -0.1) is 0 Å². The van der Waals surface area contributed by atoms with Gasteiger partial charge in [-0.1, -0.05) is 30.3 Å². The molecule has 0 fully saturated rings. The Hall–Kier alpha value is -2.41. The van der Waals surface area contributed by atoms with Gasteiger partial charge in [-0.2, -0.15) is 0 Å². The zero-order chi connectivity index (χ0) is 15.4. The van der Waals surface area contributed by atoms with Crippen molar-refractivity contribution in [2.45, 2.75) is 6.04 Å². The number of non-ortho nitro benzene ring substituents is 1. The molecule has 0 saturated carbocycles. The maximum absolute atomic E-state index is 11.4. The number of aliphatic carboxylic acids is 1. The van der Waals surface area contributed by atoms with E-state index in [9.17, 15) is 20.0 Å². The molecule has 0 amide bonds. The zero-order valence-corrected chi connectivity index (χ0v) is 12.3. The second-order valence-electron chi connectivity index (χ2n) is 4.25. The maximum Gasteiger partial charge on any atom is 0.330 e. The van der Waals surface area contributed by atoms with Gasteiger partial charge in [0.25, 0.3) is 5.69 Å². The summed E-state index contributed by atoms with van der Waals surface area (Å²) in [5.41, 5.74) is 0.992. The van der Waals surface area contributed by atoms with E-state index in [-0.39, 0.29) is 5.69 Å². The number of carbonyl (C=O) groups is 1. The molecular weight excluding hydrogens is 340 g/mol. The lowest BCUT2D eigenvalue weighted by Crippen LogP contribution is -2.20. The summed E-state index contributed by atoms with van der Waals surface area (Å²) < 4.78 is 0.430. The van der Waals surface area contributed by atoms with Crippen molar-refractivity contribution < 1.29 is 14.8 Å². The fourth-order valence-electron chi connectivity index (χ4n) is 1.82. The number of nitrogens with one attached hydrogen (secondary N) is 1. The Labute approximate surface area is 128 Å². The summed E-state index contributed by atoms with van der Waals surface area (Å²) in [5.74, 6) is -1.04. The molecule has 0 radical (unpaired) electrons. The molecule has 0 aliphatic heterocycles. The molecule has 2 N–H and O–H groups in total. The average Bonchev–Trinajstić information content (AvgIpc) is 2.46. The van der Waals surface area contributed by atoms with Crippen LogP contribution in [-0.4, -0.2) is 16.0 Å². The number of rotatable bonds is 5. The smallest absolute Gasteiger partial charge is 0.330 e. The van der Waals surface area contributed by atoms with Gasteiger partial charge >= 0.3 is 5.97 Å². The summed E-state index contributed by atoms with van der Waals surface area (Å²) >= 11 is 3.21. The molecule has 21 heavy (non-hydrogen) atoms. The number of nitrogens with zero attached hydrogens (tertiary/aromatic N) is 1. The number of halogens is 1. The highest BCUT2D eigenvalue weighted by molar-refractivity contribution is 9.10. The number of anilines is 1. The summed E-state index contributed by atoms with van der Waals surface area (Å²) in [6.07, 6.45) is 0. The van der Waals surface area contributed by atoms with Crippen molar-refractivity contribution in [3.05, 3.63) is 68.7 Å². The second kappa shape index (κ2) is 6.36. The first-order valence-electron chi connectivity index (χ1n) is 5.97. The molecule has 0 saturated heterocycles. The van der Waals surface area contributed by atoms with E-state index >= 15 is 0 Å². The summed E-state index contributed by atoms with van der Waals surface area (Å²) in [5, 5.41) is 22.9. The Morgan fingerprint density at radius 3 is 2.43 bits per heavy atom. The fourth-order valence-corrected chi connectivity index (χ4v) is 2.30. The third kappa shape index (κ3) is 3.57. The van der Waals surface area contributed by atoms with Crippen LogP contribution in [0, 0.1) is 10.1 Å². The number of carboxylic acids is 1. The summed E-state index contributed by atoms with van der Waals surface area (Å²) in [6, 6.07) is 11.9. The average molecular weight is 351 g/mol. The van der Waals surface area contributed by atoms with Gasteiger partial charge in [0.2, 0.25) is 0 Å². The largest absolute Gasteiger partial charge is 0.479 e. The summed E-state index contributed by atoms with van der Waals surface area (Å²) in [4.78, 5) is 21.6. The Morgan fingerprint density at radius 1 is 1.24 bits per heavy atom. The Morgan fingerprint density at radius 2 is 1.90 bits per heavy atom. The Kier molecular flexibility index (Phi) is 4.54. The predicted molar refractivity (Wildman–Crippen MR) is 81.2 cm³/mol. The minimum absolute atomic E-state index is 0.0704. The van der Waals surface area contributed by atoms with Crippen LogP contribution in [0.3, 0.4) is 0 Å². The third-order valence-electron chi connectivity index (χ3n) is 2.84. The number of benzene rings is 2. The van der Waals surface area contributed by atoms with E-state index in [4.69, 9.17) is 0 Å². The molecule has 2 rings (SSSR count). The van der Waals surface area contributed by atoms with Gasteiger partial charge in [-0.05, 0) is 27.6 Å². The highest BCUT2D eigenvalue weighted by Crippen LogP contribution is 2.30. The topological polar surface area (TPSA) is 92.5 Å². The van der Waals surface area contributed by atoms with Crippen LogP contribution in [0.4, 0.5) is 11.4 Å². The van der Waals surface area contributed by atoms with E-state index in [1.165, 1.54) is 18.2 Å². The van der Waals surface area contributed by atoms with Gasteiger partial charge in [0.05, 0.1) is 4.92 Å². The molecule has 0 bridgehead atoms. The van der Waals surface area contributed by atoms with Crippen LogP contribution in [0.15, 0.2) is 53.0 Å². The maximum atomic E-state index is 11.4. The van der Waals surface area contributed by atoms with Gasteiger partial charge in [0.15, 0.2) is 6.04 Å². The highest BCUT2D eigenvalue weighted by atomic mass is 79.9. The first-order valence-corrected chi connectivity index (χ1v) is 6.76. The molecule has 2 aromatic carbocycles. The van der Waals surface area contributed by atoms with E-state index in [2.05, 4.69) is 21.2 Å². The standard InChI is InChI=1S/C14H11BrN2O4/c15-11-8-10(17(20)21)6-7-12(11)16-13(14(18)19)9-4-2-1-3-5-9/h1-8,13,16H,(H,18,19). The molecule has 0 heterocycles. The number of nitro benzene ring substituents is 1. The molecule has 1 atom stereocenters. The van der Waals surface area contributed by atoms with Crippen molar-refractivity contribution in [3.8, 4) is 0 Å². The Balaban J connectivity index is 2.30. The van der Waals surface area contributed by atoms with Crippen molar-refractivity contribution >= 4 is 33.3 Å². The quantitative estimate of drug-likeness (QED) is 0.634. The fraction of sp³-hybridized carbons (Fsp3) is 0.0714. The normalized spacial score (nSPS) is 11.7. The van der Waals surface area contributed by atoms with E-state index in [1.807, 2.05) is 0 Å². The van der Waals surface area contributed by atoms with Crippen LogP contribution in [0.25, 0.3) is 0 Å². The lowest BCUT2D eigenvalue weighted by molar-refractivity contribution is -0.384. The lowest BCUT2D eigenvalue weighted by atomic mass is 10.1. The van der Waals surface area contributed by atoms with E-state index in [1.54, 1.807) is 30.3 Å². The number of carboxylic acid groups (broad SMARTS) is 1. The van der Waals surface area contributed by atoms with Gasteiger partial charge in [-0.25, -0.2) is 4.79 Å². The van der Waals surface area contributed by atoms with Crippen molar-refractivity contribution in [1.29, 1.82) is 0 Å². The molecule has 0 aromatic heterocycles. The first kappa shape index (κ1) is 15.0. The zero-order valence-electron chi connectivity index (χ0n) is 10.7. The highest BCUT2D eigenvalue weighted by Gasteiger charge is 2.21. The summed E-state index contributed by atoms with van der Waals surface area (Å²) in [7, 11) is 0. The number of hydrogen-bond donors (Lipinski definition) is 2. The SMILES string of the molecule is O=C(O)C(Nc1ccc([N+](=O)[O-])cc1Br)c1ccccc1. The predicted octanol–water partition coefficient (Wildman–Crippen LogP) is 3.60. The van der Waals surface area contributed by atoms with Crippen LogP contribution in [0.2, 0.25) is 0 Å². The molecule has 0 aliphatic carbocycles.